The molecule has 0 spiro atoms. The van der Waals surface area contributed by atoms with E-state index in [4.69, 9.17) is 21.1 Å². The maximum Gasteiger partial charge on any atom is 0.137 e. The van der Waals surface area contributed by atoms with E-state index < -0.39 is 0 Å². The van der Waals surface area contributed by atoms with Crippen molar-refractivity contribution in [1.82, 2.24) is 0 Å². The van der Waals surface area contributed by atoms with Crippen molar-refractivity contribution >= 4 is 27.5 Å². The lowest BCUT2D eigenvalue weighted by atomic mass is 10.1. The van der Waals surface area contributed by atoms with Gasteiger partial charge in [-0.1, -0.05) is 34.1 Å². The second-order valence-corrected chi connectivity index (χ2v) is 5.87. The van der Waals surface area contributed by atoms with E-state index in [0.29, 0.717) is 12.5 Å². The Labute approximate surface area is 131 Å². The first-order valence-electron chi connectivity index (χ1n) is 6.48. The molecule has 0 radical (unpaired) electrons. The van der Waals surface area contributed by atoms with E-state index in [-0.39, 0.29) is 6.10 Å². The van der Waals surface area contributed by atoms with Gasteiger partial charge in [-0.25, -0.2) is 0 Å². The molecule has 0 saturated heterocycles. The quantitative estimate of drug-likeness (QED) is 0.750. The molecule has 0 aliphatic carbocycles. The number of halogens is 2. The number of rotatable bonds is 4. The molecule has 4 heteroatoms. The van der Waals surface area contributed by atoms with Gasteiger partial charge in [0.25, 0.3) is 0 Å². The van der Waals surface area contributed by atoms with Crippen LogP contribution in [0.3, 0.4) is 0 Å². The van der Waals surface area contributed by atoms with Gasteiger partial charge in [-0.3, -0.25) is 0 Å². The average Bonchev–Trinajstić information content (AvgIpc) is 2.89. The van der Waals surface area contributed by atoms with Crippen molar-refractivity contribution in [2.24, 2.45) is 0 Å². The number of hydrogen-bond donors (Lipinski definition) is 0. The molecule has 1 aliphatic heterocycles. The monoisotopic (exact) mass is 352 g/mol. The van der Waals surface area contributed by atoms with E-state index in [1.54, 1.807) is 0 Å². The Bertz CT molecular complexity index is 590. The minimum Gasteiger partial charge on any atom is -0.490 e. The summed E-state index contributed by atoms with van der Waals surface area (Å²) in [5, 5.41) is 0. The Hall–Kier alpha value is -1.19. The normalized spacial score (nSPS) is 16.6. The van der Waals surface area contributed by atoms with Gasteiger partial charge in [-0.2, -0.15) is 0 Å². The molecule has 0 N–H and O–H groups in total. The van der Waals surface area contributed by atoms with E-state index in [1.807, 2.05) is 36.4 Å². The fourth-order valence-electron chi connectivity index (χ4n) is 2.28. The third kappa shape index (κ3) is 2.94. The summed E-state index contributed by atoms with van der Waals surface area (Å²) in [6.07, 6.45) is 0.977. The van der Waals surface area contributed by atoms with Crippen LogP contribution in [0.15, 0.2) is 46.9 Å². The van der Waals surface area contributed by atoms with Gasteiger partial charge >= 0.3 is 0 Å². The number of fused-ring (bicyclic) bond motifs is 1. The molecule has 2 nitrogen and oxygen atoms in total. The first kappa shape index (κ1) is 13.8. The van der Waals surface area contributed by atoms with E-state index in [0.717, 1.165) is 28.0 Å². The van der Waals surface area contributed by atoms with Gasteiger partial charge in [0, 0.05) is 16.8 Å². The van der Waals surface area contributed by atoms with Crippen LogP contribution in [-0.4, -0.2) is 12.7 Å². The lowest BCUT2D eigenvalue weighted by molar-refractivity contribution is 0.148. The van der Waals surface area contributed by atoms with Crippen molar-refractivity contribution in [1.29, 1.82) is 0 Å². The predicted octanol–water partition coefficient (Wildman–Crippen LogP) is 4.57. The standard InChI is InChI=1S/C16H14BrClO2/c17-15-6-5-13(8-12(15)9-18)19-10-14-7-11-3-1-2-4-16(11)20-14/h1-6,8,14H,7,9-10H2. The molecule has 2 aromatic rings. The van der Waals surface area contributed by atoms with Crippen molar-refractivity contribution in [2.75, 3.05) is 6.61 Å². The second-order valence-electron chi connectivity index (χ2n) is 4.75. The molecule has 1 aliphatic rings. The number of para-hydroxylation sites is 1. The Kier molecular flexibility index (Phi) is 4.18. The van der Waals surface area contributed by atoms with E-state index in [1.165, 1.54) is 5.56 Å². The van der Waals surface area contributed by atoms with Gasteiger partial charge < -0.3 is 9.47 Å². The summed E-state index contributed by atoms with van der Waals surface area (Å²) >= 11 is 9.34. The van der Waals surface area contributed by atoms with Gasteiger partial charge in [0.15, 0.2) is 0 Å². The van der Waals surface area contributed by atoms with Gasteiger partial charge in [0.05, 0.1) is 0 Å². The summed E-state index contributed by atoms with van der Waals surface area (Å²) in [6.45, 7) is 0.540. The predicted molar refractivity (Wildman–Crippen MR) is 83.8 cm³/mol. The largest absolute Gasteiger partial charge is 0.490 e. The van der Waals surface area contributed by atoms with Gasteiger partial charge in [-0.05, 0) is 35.4 Å². The molecule has 0 amide bonds. The topological polar surface area (TPSA) is 18.5 Å². The maximum absolute atomic E-state index is 5.88. The fourth-order valence-corrected chi connectivity index (χ4v) is 3.05. The zero-order valence-corrected chi connectivity index (χ0v) is 13.2. The first-order chi connectivity index (χ1) is 9.76. The van der Waals surface area contributed by atoms with Crippen molar-refractivity contribution in [2.45, 2.75) is 18.4 Å². The summed E-state index contributed by atoms with van der Waals surface area (Å²) in [4.78, 5) is 0. The van der Waals surface area contributed by atoms with Crippen molar-refractivity contribution in [3.05, 3.63) is 58.1 Å². The highest BCUT2D eigenvalue weighted by Gasteiger charge is 2.22. The Morgan fingerprint density at radius 1 is 1.25 bits per heavy atom. The lowest BCUT2D eigenvalue weighted by Gasteiger charge is -2.13. The van der Waals surface area contributed by atoms with Crippen molar-refractivity contribution in [3.8, 4) is 11.5 Å². The first-order valence-corrected chi connectivity index (χ1v) is 7.81. The molecule has 104 valence electrons. The summed E-state index contributed by atoms with van der Waals surface area (Å²) < 4.78 is 12.7. The zero-order valence-electron chi connectivity index (χ0n) is 10.8. The van der Waals surface area contributed by atoms with Crippen molar-refractivity contribution < 1.29 is 9.47 Å². The Morgan fingerprint density at radius 3 is 2.90 bits per heavy atom. The molecular weight excluding hydrogens is 340 g/mol. The molecule has 0 bridgehead atoms. The Balaban J connectivity index is 1.61. The highest BCUT2D eigenvalue weighted by Crippen LogP contribution is 2.29. The molecule has 1 atom stereocenters. The summed E-state index contributed by atoms with van der Waals surface area (Å²) in [6, 6.07) is 14.0. The highest BCUT2D eigenvalue weighted by molar-refractivity contribution is 9.10. The van der Waals surface area contributed by atoms with Crippen LogP contribution in [0, 0.1) is 0 Å². The van der Waals surface area contributed by atoms with E-state index in [9.17, 15) is 0 Å². The third-order valence-corrected chi connectivity index (χ3v) is 4.37. The number of hydrogen-bond acceptors (Lipinski definition) is 2. The lowest BCUT2D eigenvalue weighted by Crippen LogP contribution is -2.22. The van der Waals surface area contributed by atoms with Crippen molar-refractivity contribution in [3.63, 3.8) is 0 Å². The summed E-state index contributed by atoms with van der Waals surface area (Å²) in [5.74, 6) is 2.25. The highest BCUT2D eigenvalue weighted by atomic mass is 79.9. The van der Waals surface area contributed by atoms with Crippen LogP contribution in [-0.2, 0) is 12.3 Å². The van der Waals surface area contributed by atoms with Gasteiger partial charge in [0.1, 0.15) is 24.2 Å². The SMILES string of the molecule is ClCc1cc(OCC2Cc3ccccc3O2)ccc1Br. The molecule has 1 heterocycles. The Morgan fingerprint density at radius 2 is 2.10 bits per heavy atom. The van der Waals surface area contributed by atoms with Gasteiger partial charge in [0.2, 0.25) is 0 Å². The minimum absolute atomic E-state index is 0.0792. The number of benzene rings is 2. The van der Waals surface area contributed by atoms with Crippen LogP contribution < -0.4 is 9.47 Å². The molecule has 0 saturated carbocycles. The zero-order chi connectivity index (χ0) is 13.9. The van der Waals surface area contributed by atoms with Crippen LogP contribution in [0.4, 0.5) is 0 Å². The molecule has 3 rings (SSSR count). The molecule has 2 aromatic carbocycles. The average molecular weight is 354 g/mol. The summed E-state index contributed by atoms with van der Waals surface area (Å²) in [7, 11) is 0. The van der Waals surface area contributed by atoms with Crippen LogP contribution in [0.2, 0.25) is 0 Å². The van der Waals surface area contributed by atoms with Crippen LogP contribution in [0.1, 0.15) is 11.1 Å². The minimum atomic E-state index is 0.0792. The third-order valence-electron chi connectivity index (χ3n) is 3.31. The summed E-state index contributed by atoms with van der Waals surface area (Å²) in [5.41, 5.74) is 2.28. The van der Waals surface area contributed by atoms with Crippen LogP contribution in [0.25, 0.3) is 0 Å². The maximum atomic E-state index is 5.88. The smallest absolute Gasteiger partial charge is 0.137 e. The fraction of sp³-hybridized carbons (Fsp3) is 0.250. The number of alkyl halides is 1. The van der Waals surface area contributed by atoms with Crippen LogP contribution >= 0.6 is 27.5 Å². The molecule has 20 heavy (non-hydrogen) atoms. The molecule has 0 fully saturated rings. The molecule has 1 unspecified atom stereocenters. The van der Waals surface area contributed by atoms with Gasteiger partial charge in [-0.15, -0.1) is 11.6 Å². The second kappa shape index (κ2) is 6.06. The molecular formula is C16H14BrClO2. The van der Waals surface area contributed by atoms with E-state index in [2.05, 4.69) is 22.0 Å². The van der Waals surface area contributed by atoms with E-state index >= 15 is 0 Å². The van der Waals surface area contributed by atoms with Crippen LogP contribution in [0.5, 0.6) is 11.5 Å². The number of ether oxygens (including phenoxy) is 2. The molecule has 0 aromatic heterocycles.